The van der Waals surface area contributed by atoms with Crippen molar-refractivity contribution in [2.45, 2.75) is 20.8 Å². The monoisotopic (exact) mass is 172 g/mol. The van der Waals surface area contributed by atoms with Crippen LogP contribution in [-0.2, 0) is 0 Å². The zero-order valence-electron chi connectivity index (χ0n) is 6.90. The molecule has 0 aliphatic heterocycles. The predicted octanol–water partition coefficient (Wildman–Crippen LogP) is 2.29. The molecule has 0 saturated heterocycles. The van der Waals surface area contributed by atoms with Crippen LogP contribution in [0, 0.1) is 6.92 Å². The Bertz CT molecular complexity index is 220. The van der Waals surface area contributed by atoms with Crippen LogP contribution in [-0.4, -0.2) is 16.4 Å². The summed E-state index contributed by atoms with van der Waals surface area (Å²) < 4.78 is 0. The van der Waals surface area contributed by atoms with Gasteiger partial charge in [-0.05, 0) is 6.92 Å². The van der Waals surface area contributed by atoms with Gasteiger partial charge >= 0.3 is 0 Å². The topological polar surface area (TPSA) is 45.5 Å². The van der Waals surface area contributed by atoms with Gasteiger partial charge < -0.3 is 5.21 Å². The maximum absolute atomic E-state index is 8.11. The number of oxime groups is 1. The highest BCUT2D eigenvalue weighted by molar-refractivity contribution is 7.11. The molecule has 1 rings (SSSR count). The standard InChI is InChI=1S/C5H6N2OS.C2H6/c1-4-5(2-7-8)9-3-6-4;1-2/h2-3,8H,1H3;1-2H3/b7-2+;. The maximum Gasteiger partial charge on any atom is 0.0852 e. The first kappa shape index (κ1) is 10.1. The third kappa shape index (κ3) is 3.13. The summed E-state index contributed by atoms with van der Waals surface area (Å²) in [5, 5.41) is 11.0. The van der Waals surface area contributed by atoms with Crippen molar-refractivity contribution in [3.63, 3.8) is 0 Å². The van der Waals surface area contributed by atoms with E-state index < -0.39 is 0 Å². The highest BCUT2D eigenvalue weighted by atomic mass is 32.1. The molecular weight excluding hydrogens is 160 g/mol. The molecule has 1 N–H and O–H groups in total. The number of nitrogens with zero attached hydrogens (tertiary/aromatic N) is 2. The van der Waals surface area contributed by atoms with Crippen LogP contribution >= 0.6 is 11.3 Å². The van der Waals surface area contributed by atoms with Gasteiger partial charge in [0.15, 0.2) is 0 Å². The second-order valence-electron chi connectivity index (χ2n) is 1.55. The molecule has 1 heterocycles. The molecule has 1 aromatic heterocycles. The Kier molecular flexibility index (Phi) is 5.37. The average molecular weight is 172 g/mol. The highest BCUT2D eigenvalue weighted by Crippen LogP contribution is 2.07. The second kappa shape index (κ2) is 5.85. The van der Waals surface area contributed by atoms with Gasteiger partial charge in [0.2, 0.25) is 0 Å². The number of rotatable bonds is 1. The summed E-state index contributed by atoms with van der Waals surface area (Å²) in [5.74, 6) is 0. The summed E-state index contributed by atoms with van der Waals surface area (Å²) in [6.07, 6.45) is 1.38. The molecule has 0 fully saturated rings. The van der Waals surface area contributed by atoms with Crippen molar-refractivity contribution in [1.82, 2.24) is 4.98 Å². The lowest BCUT2D eigenvalue weighted by atomic mass is 10.4. The lowest BCUT2D eigenvalue weighted by molar-refractivity contribution is 0.322. The molecule has 0 aliphatic carbocycles. The third-order valence-electron chi connectivity index (χ3n) is 0.958. The Morgan fingerprint density at radius 1 is 1.64 bits per heavy atom. The summed E-state index contributed by atoms with van der Waals surface area (Å²) >= 11 is 1.45. The van der Waals surface area contributed by atoms with Crippen molar-refractivity contribution in [3.05, 3.63) is 16.1 Å². The molecule has 62 valence electrons. The van der Waals surface area contributed by atoms with E-state index in [4.69, 9.17) is 5.21 Å². The van der Waals surface area contributed by atoms with Gasteiger partial charge in [0, 0.05) is 0 Å². The first-order valence-corrected chi connectivity index (χ1v) is 4.30. The van der Waals surface area contributed by atoms with Crippen molar-refractivity contribution >= 4 is 17.6 Å². The number of aromatic nitrogens is 1. The summed E-state index contributed by atoms with van der Waals surface area (Å²) in [4.78, 5) is 4.85. The van der Waals surface area contributed by atoms with E-state index in [2.05, 4.69) is 10.1 Å². The Hall–Kier alpha value is -0.900. The van der Waals surface area contributed by atoms with Crippen LogP contribution in [0.4, 0.5) is 0 Å². The fourth-order valence-corrected chi connectivity index (χ4v) is 1.14. The molecule has 11 heavy (non-hydrogen) atoms. The summed E-state index contributed by atoms with van der Waals surface area (Å²) in [7, 11) is 0. The molecule has 0 aromatic carbocycles. The van der Waals surface area contributed by atoms with E-state index in [9.17, 15) is 0 Å². The van der Waals surface area contributed by atoms with Crippen molar-refractivity contribution < 1.29 is 5.21 Å². The predicted molar refractivity (Wildman–Crippen MR) is 47.6 cm³/mol. The minimum atomic E-state index is 0.900. The zero-order chi connectivity index (χ0) is 8.69. The van der Waals surface area contributed by atoms with Gasteiger partial charge in [-0.3, -0.25) is 0 Å². The number of thiazole rings is 1. The molecule has 1 aromatic rings. The number of hydrogen-bond donors (Lipinski definition) is 1. The Morgan fingerprint density at radius 2 is 2.27 bits per heavy atom. The van der Waals surface area contributed by atoms with Gasteiger partial charge in [-0.2, -0.15) is 0 Å². The van der Waals surface area contributed by atoms with Gasteiger partial charge in [-0.15, -0.1) is 11.3 Å². The van der Waals surface area contributed by atoms with E-state index in [1.54, 1.807) is 5.51 Å². The minimum absolute atomic E-state index is 0.900. The molecule has 0 atom stereocenters. The summed E-state index contributed by atoms with van der Waals surface area (Å²) in [5.41, 5.74) is 2.62. The van der Waals surface area contributed by atoms with Crippen LogP contribution in [0.1, 0.15) is 24.4 Å². The molecule has 4 heteroatoms. The Morgan fingerprint density at radius 3 is 2.64 bits per heavy atom. The van der Waals surface area contributed by atoms with Crippen LogP contribution in [0.15, 0.2) is 10.7 Å². The normalized spacial score (nSPS) is 9.36. The van der Waals surface area contributed by atoms with Gasteiger partial charge in [0.1, 0.15) is 0 Å². The van der Waals surface area contributed by atoms with Crippen LogP contribution in [0.2, 0.25) is 0 Å². The van der Waals surface area contributed by atoms with Gasteiger partial charge in [-0.25, -0.2) is 4.98 Å². The van der Waals surface area contributed by atoms with Gasteiger partial charge in [-0.1, -0.05) is 19.0 Å². The largest absolute Gasteiger partial charge is 0.411 e. The van der Waals surface area contributed by atoms with Crippen molar-refractivity contribution in [2.24, 2.45) is 5.16 Å². The van der Waals surface area contributed by atoms with Crippen LogP contribution in [0.3, 0.4) is 0 Å². The van der Waals surface area contributed by atoms with Gasteiger partial charge in [0.05, 0.1) is 22.3 Å². The average Bonchev–Trinajstić information content (AvgIpc) is 2.42. The minimum Gasteiger partial charge on any atom is -0.411 e. The van der Waals surface area contributed by atoms with Crippen molar-refractivity contribution in [3.8, 4) is 0 Å². The Labute approximate surface area is 70.4 Å². The van der Waals surface area contributed by atoms with Crippen LogP contribution < -0.4 is 0 Å². The van der Waals surface area contributed by atoms with Crippen LogP contribution in [0.5, 0.6) is 0 Å². The molecular formula is C7H12N2OS. The van der Waals surface area contributed by atoms with E-state index in [-0.39, 0.29) is 0 Å². The molecule has 0 saturated carbocycles. The molecule has 0 aliphatic rings. The van der Waals surface area contributed by atoms with Crippen LogP contribution in [0.25, 0.3) is 0 Å². The third-order valence-corrected chi connectivity index (χ3v) is 1.82. The van der Waals surface area contributed by atoms with E-state index in [0.29, 0.717) is 0 Å². The number of aryl methyl sites for hydroxylation is 1. The first-order chi connectivity index (χ1) is 5.34. The smallest absolute Gasteiger partial charge is 0.0852 e. The van der Waals surface area contributed by atoms with E-state index in [1.807, 2.05) is 20.8 Å². The van der Waals surface area contributed by atoms with E-state index in [0.717, 1.165) is 10.6 Å². The molecule has 0 radical (unpaired) electrons. The fourth-order valence-electron chi connectivity index (χ4n) is 0.487. The van der Waals surface area contributed by atoms with Gasteiger partial charge in [0.25, 0.3) is 0 Å². The summed E-state index contributed by atoms with van der Waals surface area (Å²) in [6, 6.07) is 0. The lowest BCUT2D eigenvalue weighted by Crippen LogP contribution is -1.78. The molecule has 0 unspecified atom stereocenters. The molecule has 0 spiro atoms. The van der Waals surface area contributed by atoms with E-state index >= 15 is 0 Å². The lowest BCUT2D eigenvalue weighted by Gasteiger charge is -1.81. The molecule has 3 nitrogen and oxygen atoms in total. The molecule has 0 amide bonds. The Balaban J connectivity index is 0.000000461. The second-order valence-corrected chi connectivity index (χ2v) is 2.43. The van der Waals surface area contributed by atoms with Crippen molar-refractivity contribution in [1.29, 1.82) is 0 Å². The number of hydrogen-bond acceptors (Lipinski definition) is 4. The summed E-state index contributed by atoms with van der Waals surface area (Å²) in [6.45, 7) is 5.87. The first-order valence-electron chi connectivity index (χ1n) is 3.42. The maximum atomic E-state index is 8.11. The highest BCUT2D eigenvalue weighted by Gasteiger charge is 1.94. The SMILES string of the molecule is CC.Cc1ncsc1/C=N/O. The van der Waals surface area contributed by atoms with Crippen molar-refractivity contribution in [2.75, 3.05) is 0 Å². The van der Waals surface area contributed by atoms with E-state index in [1.165, 1.54) is 17.6 Å². The zero-order valence-corrected chi connectivity index (χ0v) is 7.72. The fraction of sp³-hybridized carbons (Fsp3) is 0.429. The molecule has 0 bridgehead atoms. The quantitative estimate of drug-likeness (QED) is 0.401.